The van der Waals surface area contributed by atoms with Gasteiger partial charge in [-0.1, -0.05) is 39.3 Å². The van der Waals surface area contributed by atoms with E-state index < -0.39 is 0 Å². The molecule has 0 spiro atoms. The third kappa shape index (κ3) is 4.36. The lowest BCUT2D eigenvalue weighted by atomic mass is 9.96. The molecule has 0 aliphatic heterocycles. The van der Waals surface area contributed by atoms with Gasteiger partial charge in [-0.3, -0.25) is 9.78 Å². The molecule has 0 radical (unpaired) electrons. The molecule has 2 heterocycles. The number of Topliss-reactive ketones (excluding diaryl/α,β-unsaturated/α-hetero) is 1. The van der Waals surface area contributed by atoms with Gasteiger partial charge in [0.05, 0.1) is 12.8 Å². The van der Waals surface area contributed by atoms with Gasteiger partial charge in [0.25, 0.3) is 0 Å². The van der Waals surface area contributed by atoms with E-state index >= 15 is 0 Å². The number of nitrogens with one attached hydrogen (secondary N) is 1. The largest absolute Gasteiger partial charge is 0.492 e. The summed E-state index contributed by atoms with van der Waals surface area (Å²) in [7, 11) is 0. The molecule has 4 nitrogen and oxygen atoms in total. The summed E-state index contributed by atoms with van der Waals surface area (Å²) in [6.07, 6.45) is 6.37. The maximum absolute atomic E-state index is 12.9. The average molecular weight is 391 g/mol. The molecule has 1 aromatic carbocycles. The van der Waals surface area contributed by atoms with E-state index in [1.807, 2.05) is 18.3 Å². The second-order valence-corrected chi connectivity index (χ2v) is 8.55. The van der Waals surface area contributed by atoms with E-state index in [1.165, 1.54) is 10.9 Å². The van der Waals surface area contributed by atoms with E-state index in [4.69, 9.17) is 4.74 Å². The molecule has 0 bridgehead atoms. The van der Waals surface area contributed by atoms with Crippen LogP contribution in [0.4, 0.5) is 0 Å². The first kappa shape index (κ1) is 19.7. The number of aromatic amines is 1. The highest BCUT2D eigenvalue weighted by atomic mass is 16.5. The Bertz CT molecular complexity index is 976. The Morgan fingerprint density at radius 2 is 2.10 bits per heavy atom. The van der Waals surface area contributed by atoms with E-state index in [9.17, 15) is 4.79 Å². The van der Waals surface area contributed by atoms with Crippen LogP contribution in [0.15, 0.2) is 48.8 Å². The number of hydrogen-bond acceptors (Lipinski definition) is 3. The average Bonchev–Trinajstić information content (AvgIpc) is 3.40. The zero-order valence-corrected chi connectivity index (χ0v) is 17.5. The van der Waals surface area contributed by atoms with Crippen molar-refractivity contribution < 1.29 is 9.53 Å². The Labute approximate surface area is 172 Å². The summed E-state index contributed by atoms with van der Waals surface area (Å²) in [6, 6.07) is 12.4. The molecule has 4 atom stereocenters. The lowest BCUT2D eigenvalue weighted by Gasteiger charge is -2.13. The van der Waals surface area contributed by atoms with Gasteiger partial charge in [-0.15, -0.1) is 0 Å². The molecular formula is C25H30N2O2. The summed E-state index contributed by atoms with van der Waals surface area (Å²) in [5.74, 6) is 2.32. The summed E-state index contributed by atoms with van der Waals surface area (Å²) in [5, 5.41) is 1.25. The van der Waals surface area contributed by atoms with Crippen molar-refractivity contribution in [1.82, 2.24) is 9.97 Å². The Morgan fingerprint density at radius 3 is 2.86 bits per heavy atom. The van der Waals surface area contributed by atoms with Gasteiger partial charge in [0.2, 0.25) is 0 Å². The quantitative estimate of drug-likeness (QED) is 0.498. The van der Waals surface area contributed by atoms with Gasteiger partial charge in [0.15, 0.2) is 0 Å². The van der Waals surface area contributed by atoms with E-state index in [2.05, 4.69) is 55.0 Å². The third-order valence-electron chi connectivity index (χ3n) is 6.24. The Hall–Kier alpha value is -2.62. The highest BCUT2D eigenvalue weighted by molar-refractivity contribution is 5.89. The van der Waals surface area contributed by atoms with Crippen molar-refractivity contribution in [3.8, 4) is 5.75 Å². The van der Waals surface area contributed by atoms with Gasteiger partial charge in [-0.25, -0.2) is 0 Å². The molecule has 1 N–H and O–H groups in total. The van der Waals surface area contributed by atoms with E-state index in [0.29, 0.717) is 30.6 Å². The van der Waals surface area contributed by atoms with Crippen molar-refractivity contribution in [2.75, 3.05) is 6.61 Å². The Kier molecular flexibility index (Phi) is 5.70. The van der Waals surface area contributed by atoms with Gasteiger partial charge in [0, 0.05) is 41.1 Å². The van der Waals surface area contributed by atoms with Crippen molar-refractivity contribution in [2.45, 2.75) is 51.9 Å². The molecule has 4 heteroatoms. The van der Waals surface area contributed by atoms with Crippen LogP contribution in [-0.4, -0.2) is 22.4 Å². The summed E-state index contributed by atoms with van der Waals surface area (Å²) < 4.78 is 5.78. The standard InChI is InChI=1S/C25H30N2O2/c1-4-16(2)15-29-18-8-9-23(27-14-18)17(3)12-25(28)22-13-21(22)19-6-5-7-24-20(19)10-11-26-24/h5-11,14,16-17,21-22,26H,4,12-13,15H2,1-3H3/t16?,17-,21?,22?/m0/s1. The van der Waals surface area contributed by atoms with Gasteiger partial charge in [-0.2, -0.15) is 0 Å². The SMILES string of the molecule is CCC(C)COc1ccc([C@@H](C)CC(=O)C2CC2c2cccc3[nH]ccc23)nc1. The number of pyridine rings is 1. The molecule has 1 saturated carbocycles. The first-order chi connectivity index (χ1) is 14.1. The van der Waals surface area contributed by atoms with Crippen LogP contribution in [-0.2, 0) is 4.79 Å². The van der Waals surface area contributed by atoms with Crippen molar-refractivity contribution in [3.05, 3.63) is 60.0 Å². The number of nitrogens with zero attached hydrogens (tertiary/aromatic N) is 1. The third-order valence-corrected chi connectivity index (χ3v) is 6.24. The van der Waals surface area contributed by atoms with Gasteiger partial charge in [-0.05, 0) is 48.1 Å². The molecule has 1 aliphatic carbocycles. The smallest absolute Gasteiger partial charge is 0.137 e. The molecule has 0 saturated heterocycles. The second-order valence-electron chi connectivity index (χ2n) is 8.55. The number of hydrogen-bond donors (Lipinski definition) is 1. The summed E-state index contributed by atoms with van der Waals surface area (Å²) in [5.41, 5.74) is 3.41. The molecule has 1 fully saturated rings. The predicted octanol–water partition coefficient (Wildman–Crippen LogP) is 5.85. The number of ketones is 1. The molecular weight excluding hydrogens is 360 g/mol. The Morgan fingerprint density at radius 1 is 1.24 bits per heavy atom. The van der Waals surface area contributed by atoms with Gasteiger partial charge >= 0.3 is 0 Å². The summed E-state index contributed by atoms with van der Waals surface area (Å²) in [6.45, 7) is 7.14. The summed E-state index contributed by atoms with van der Waals surface area (Å²) in [4.78, 5) is 20.7. The number of carbonyl (C=O) groups excluding carboxylic acids is 1. The minimum Gasteiger partial charge on any atom is -0.492 e. The fraction of sp³-hybridized carbons (Fsp3) is 0.440. The van der Waals surface area contributed by atoms with E-state index in [-0.39, 0.29) is 11.8 Å². The predicted molar refractivity (Wildman–Crippen MR) is 116 cm³/mol. The van der Waals surface area contributed by atoms with Crippen LogP contribution in [0.1, 0.15) is 63.1 Å². The molecule has 2 aromatic heterocycles. The normalized spacial score (nSPS) is 20.4. The first-order valence-electron chi connectivity index (χ1n) is 10.7. The number of aromatic nitrogens is 2. The van der Waals surface area contributed by atoms with Crippen LogP contribution < -0.4 is 4.74 Å². The lowest BCUT2D eigenvalue weighted by molar-refractivity contribution is -0.120. The maximum Gasteiger partial charge on any atom is 0.137 e. The van der Waals surface area contributed by atoms with Crippen molar-refractivity contribution in [2.24, 2.45) is 11.8 Å². The van der Waals surface area contributed by atoms with Crippen molar-refractivity contribution in [3.63, 3.8) is 0 Å². The summed E-state index contributed by atoms with van der Waals surface area (Å²) >= 11 is 0. The number of ether oxygens (including phenoxy) is 1. The minimum absolute atomic E-state index is 0.121. The fourth-order valence-electron chi connectivity index (χ4n) is 4.01. The van der Waals surface area contributed by atoms with Crippen LogP contribution in [0.5, 0.6) is 5.75 Å². The molecule has 0 amide bonds. The van der Waals surface area contributed by atoms with E-state index in [0.717, 1.165) is 29.8 Å². The van der Waals surface area contributed by atoms with Crippen LogP contribution in [0.3, 0.4) is 0 Å². The second kappa shape index (κ2) is 8.40. The monoisotopic (exact) mass is 390 g/mol. The number of benzene rings is 1. The van der Waals surface area contributed by atoms with Crippen LogP contribution >= 0.6 is 0 Å². The molecule has 3 aromatic rings. The minimum atomic E-state index is 0.121. The molecule has 3 unspecified atom stereocenters. The number of fused-ring (bicyclic) bond motifs is 1. The lowest BCUT2D eigenvalue weighted by Crippen LogP contribution is -2.10. The first-order valence-corrected chi connectivity index (χ1v) is 10.7. The zero-order chi connectivity index (χ0) is 20.4. The van der Waals surface area contributed by atoms with E-state index in [1.54, 1.807) is 6.20 Å². The molecule has 4 rings (SSSR count). The van der Waals surface area contributed by atoms with Gasteiger partial charge < -0.3 is 9.72 Å². The van der Waals surface area contributed by atoms with Gasteiger partial charge in [0.1, 0.15) is 11.5 Å². The van der Waals surface area contributed by atoms with Crippen LogP contribution in [0, 0.1) is 11.8 Å². The zero-order valence-electron chi connectivity index (χ0n) is 17.5. The van der Waals surface area contributed by atoms with Crippen LogP contribution in [0.2, 0.25) is 0 Å². The number of H-pyrrole nitrogens is 1. The molecule has 1 aliphatic rings. The highest BCUT2D eigenvalue weighted by Gasteiger charge is 2.44. The van der Waals surface area contributed by atoms with Crippen molar-refractivity contribution in [1.29, 1.82) is 0 Å². The number of rotatable bonds is 9. The molecule has 29 heavy (non-hydrogen) atoms. The Balaban J connectivity index is 1.34. The molecule has 152 valence electrons. The van der Waals surface area contributed by atoms with Crippen LogP contribution in [0.25, 0.3) is 10.9 Å². The highest BCUT2D eigenvalue weighted by Crippen LogP contribution is 2.50. The van der Waals surface area contributed by atoms with Crippen molar-refractivity contribution >= 4 is 16.7 Å². The maximum atomic E-state index is 12.9. The number of carbonyl (C=O) groups is 1. The topological polar surface area (TPSA) is 55.0 Å². The fourth-order valence-corrected chi connectivity index (χ4v) is 4.01.